The van der Waals surface area contributed by atoms with E-state index in [0.29, 0.717) is 30.1 Å². The first-order chi connectivity index (χ1) is 12.4. The maximum absolute atomic E-state index is 10.8. The van der Waals surface area contributed by atoms with Crippen LogP contribution in [0.5, 0.6) is 0 Å². The smallest absolute Gasteiger partial charge is 0.303 e. The summed E-state index contributed by atoms with van der Waals surface area (Å²) in [6.45, 7) is 6.52. The summed E-state index contributed by atoms with van der Waals surface area (Å²) < 4.78 is 12.8. The zero-order valence-electron chi connectivity index (χ0n) is 16.1. The van der Waals surface area contributed by atoms with Gasteiger partial charge in [-0.25, -0.2) is 9.78 Å². The lowest BCUT2D eigenvalue weighted by molar-refractivity contribution is -0.571. The Morgan fingerprint density at radius 3 is 2.69 bits per heavy atom. The van der Waals surface area contributed by atoms with Gasteiger partial charge in [-0.1, -0.05) is 20.3 Å². The third-order valence-corrected chi connectivity index (χ3v) is 7.42. The number of carboxylic acids is 1. The Balaban J connectivity index is 1.55. The fourth-order valence-corrected chi connectivity index (χ4v) is 5.93. The summed E-state index contributed by atoms with van der Waals surface area (Å²) in [6.07, 6.45) is 6.54. The van der Waals surface area contributed by atoms with Crippen molar-refractivity contribution in [2.24, 2.45) is 23.7 Å². The van der Waals surface area contributed by atoms with Crippen molar-refractivity contribution < 1.29 is 29.1 Å². The summed E-state index contributed by atoms with van der Waals surface area (Å²) in [5, 5.41) is 8.85. The van der Waals surface area contributed by atoms with Gasteiger partial charge < -0.3 is 14.6 Å². The maximum Gasteiger partial charge on any atom is 0.303 e. The Labute approximate surface area is 155 Å². The predicted molar refractivity (Wildman–Crippen MR) is 92.9 cm³/mol. The number of rotatable bonds is 5. The Morgan fingerprint density at radius 1 is 1.12 bits per heavy atom. The van der Waals surface area contributed by atoms with E-state index in [2.05, 4.69) is 13.8 Å². The van der Waals surface area contributed by atoms with Crippen molar-refractivity contribution in [2.75, 3.05) is 0 Å². The fraction of sp³-hybridized carbons (Fsp3) is 0.950. The Hall–Kier alpha value is -0.690. The molecule has 0 unspecified atom stereocenters. The molecule has 6 nitrogen and oxygen atoms in total. The quantitative estimate of drug-likeness (QED) is 0.586. The van der Waals surface area contributed by atoms with Crippen LogP contribution in [0.1, 0.15) is 72.1 Å². The van der Waals surface area contributed by atoms with Gasteiger partial charge >= 0.3 is 5.97 Å². The lowest BCUT2D eigenvalue weighted by Crippen LogP contribution is -2.70. The van der Waals surface area contributed by atoms with Gasteiger partial charge in [0.2, 0.25) is 5.79 Å². The standard InChI is InChI=1S/C20H32O6/c1-12-8-9-15-13(2)16(6-4-5-7-17(21)22)23-18-20(15)14(12)10-11-19(3,24-18)25-26-20/h12-16,18H,4-11H2,1-3H3,(H,21,22)/t12-,13-,14+,15+,16-,18-,19-,20-/m1/s1. The number of ether oxygens (including phenoxy) is 2. The number of hydrogen-bond acceptors (Lipinski definition) is 5. The molecule has 8 atom stereocenters. The van der Waals surface area contributed by atoms with Crippen LogP contribution < -0.4 is 0 Å². The van der Waals surface area contributed by atoms with E-state index in [1.807, 2.05) is 6.92 Å². The number of aliphatic carboxylic acids is 1. The van der Waals surface area contributed by atoms with E-state index >= 15 is 0 Å². The van der Waals surface area contributed by atoms with Crippen molar-refractivity contribution >= 4 is 5.97 Å². The predicted octanol–water partition coefficient (Wildman–Crippen LogP) is 3.88. The van der Waals surface area contributed by atoms with Crippen LogP contribution in [0.2, 0.25) is 0 Å². The third-order valence-electron chi connectivity index (χ3n) is 7.42. The zero-order valence-corrected chi connectivity index (χ0v) is 16.1. The highest BCUT2D eigenvalue weighted by atomic mass is 17.3. The second-order valence-electron chi connectivity index (χ2n) is 9.08. The molecule has 0 aromatic carbocycles. The van der Waals surface area contributed by atoms with Crippen LogP contribution in [-0.4, -0.2) is 34.9 Å². The first-order valence-electron chi connectivity index (χ1n) is 10.3. The van der Waals surface area contributed by atoms with E-state index < -0.39 is 17.4 Å². The number of fused-ring (bicyclic) bond motifs is 2. The summed E-state index contributed by atoms with van der Waals surface area (Å²) in [7, 11) is 0. The molecular formula is C20H32O6. The van der Waals surface area contributed by atoms with Crippen LogP contribution in [0.4, 0.5) is 0 Å². The number of carbonyl (C=O) groups is 1. The molecule has 5 aliphatic rings. The van der Waals surface area contributed by atoms with E-state index in [1.165, 1.54) is 6.42 Å². The number of unbranched alkanes of at least 4 members (excludes halogenated alkanes) is 1. The van der Waals surface area contributed by atoms with Gasteiger partial charge in [-0.2, -0.15) is 0 Å². The highest BCUT2D eigenvalue weighted by Gasteiger charge is 2.69. The van der Waals surface area contributed by atoms with Crippen LogP contribution in [0.3, 0.4) is 0 Å². The summed E-state index contributed by atoms with van der Waals surface area (Å²) in [4.78, 5) is 22.7. The van der Waals surface area contributed by atoms with Gasteiger partial charge in [0, 0.05) is 18.8 Å². The van der Waals surface area contributed by atoms with Gasteiger partial charge in [0.15, 0.2) is 11.9 Å². The minimum absolute atomic E-state index is 0.0880. The minimum atomic E-state index is -0.730. The molecule has 1 spiro atoms. The normalized spacial score (nSPS) is 50.1. The zero-order chi connectivity index (χ0) is 18.5. The van der Waals surface area contributed by atoms with Gasteiger partial charge in [0.05, 0.1) is 6.10 Å². The van der Waals surface area contributed by atoms with Crippen molar-refractivity contribution in [3.05, 3.63) is 0 Å². The monoisotopic (exact) mass is 368 g/mol. The molecule has 1 saturated carbocycles. The third kappa shape index (κ3) is 2.89. The van der Waals surface area contributed by atoms with Crippen molar-refractivity contribution in [3.8, 4) is 0 Å². The largest absolute Gasteiger partial charge is 0.481 e. The lowest BCUT2D eigenvalue weighted by atomic mass is 9.57. The first-order valence-corrected chi connectivity index (χ1v) is 10.3. The first kappa shape index (κ1) is 18.7. The number of hydrogen-bond donors (Lipinski definition) is 1. The molecule has 0 aromatic rings. The van der Waals surface area contributed by atoms with Crippen molar-refractivity contribution in [1.82, 2.24) is 0 Å². The van der Waals surface area contributed by atoms with E-state index in [0.717, 1.165) is 32.1 Å². The van der Waals surface area contributed by atoms with E-state index in [4.69, 9.17) is 24.4 Å². The molecule has 0 radical (unpaired) electrons. The average molecular weight is 368 g/mol. The topological polar surface area (TPSA) is 74.2 Å². The molecule has 6 heteroatoms. The summed E-state index contributed by atoms with van der Waals surface area (Å²) in [6, 6.07) is 0. The van der Waals surface area contributed by atoms with Gasteiger partial charge in [-0.15, -0.1) is 0 Å². The molecule has 1 N–H and O–H groups in total. The van der Waals surface area contributed by atoms with Crippen molar-refractivity contribution in [2.45, 2.75) is 95.9 Å². The van der Waals surface area contributed by atoms with E-state index in [1.54, 1.807) is 0 Å². The lowest BCUT2D eigenvalue weighted by Gasteiger charge is -2.60. The van der Waals surface area contributed by atoms with Crippen LogP contribution in [-0.2, 0) is 24.0 Å². The van der Waals surface area contributed by atoms with E-state index in [9.17, 15) is 4.79 Å². The molecule has 148 valence electrons. The Morgan fingerprint density at radius 2 is 1.92 bits per heavy atom. The fourth-order valence-electron chi connectivity index (χ4n) is 5.93. The molecule has 5 fully saturated rings. The molecule has 4 aliphatic heterocycles. The summed E-state index contributed by atoms with van der Waals surface area (Å²) in [5.41, 5.74) is -0.495. The van der Waals surface area contributed by atoms with Gasteiger partial charge in [0.25, 0.3) is 0 Å². The van der Waals surface area contributed by atoms with Gasteiger partial charge in [0.1, 0.15) is 0 Å². The SMILES string of the molecule is C[C@H]1[C@@H](CCCCC(=O)O)O[C@@H]2O[C@@]3(C)CC[C@H]4[C@H](C)CC[C@@H]1[C@@]24OO3. The van der Waals surface area contributed by atoms with Crippen molar-refractivity contribution in [3.63, 3.8) is 0 Å². The van der Waals surface area contributed by atoms with Crippen LogP contribution in [0, 0.1) is 23.7 Å². The Kier molecular flexibility index (Phi) is 4.83. The highest BCUT2D eigenvalue weighted by Crippen LogP contribution is 2.60. The molecule has 4 heterocycles. The molecule has 0 aromatic heterocycles. The molecule has 26 heavy (non-hydrogen) atoms. The minimum Gasteiger partial charge on any atom is -0.481 e. The van der Waals surface area contributed by atoms with Gasteiger partial charge in [-0.05, 0) is 56.8 Å². The Bertz CT molecular complexity index is 552. The number of carboxylic acid groups (broad SMARTS) is 1. The maximum atomic E-state index is 10.8. The molecule has 1 aliphatic carbocycles. The molecule has 0 amide bonds. The van der Waals surface area contributed by atoms with Crippen molar-refractivity contribution in [1.29, 1.82) is 0 Å². The van der Waals surface area contributed by atoms with E-state index in [-0.39, 0.29) is 18.8 Å². The van der Waals surface area contributed by atoms with Crippen LogP contribution in [0.15, 0.2) is 0 Å². The second kappa shape index (κ2) is 6.73. The summed E-state index contributed by atoms with van der Waals surface area (Å²) in [5.74, 6) is 0.213. The average Bonchev–Trinajstić information content (AvgIpc) is 2.82. The van der Waals surface area contributed by atoms with Crippen LogP contribution >= 0.6 is 0 Å². The van der Waals surface area contributed by atoms with Crippen LogP contribution in [0.25, 0.3) is 0 Å². The molecular weight excluding hydrogens is 336 g/mol. The second-order valence-corrected chi connectivity index (χ2v) is 9.08. The molecule has 5 rings (SSSR count). The van der Waals surface area contributed by atoms with Gasteiger partial charge in [-0.3, -0.25) is 4.79 Å². The molecule has 2 bridgehead atoms. The molecule has 4 saturated heterocycles. The summed E-state index contributed by atoms with van der Waals surface area (Å²) >= 11 is 0. The highest BCUT2D eigenvalue weighted by molar-refractivity contribution is 5.66.